The van der Waals surface area contributed by atoms with Crippen LogP contribution < -0.4 is 5.32 Å². The molecule has 1 aliphatic heterocycles. The average molecular weight is 274 g/mol. The molecule has 4 heteroatoms. The van der Waals surface area contributed by atoms with Crippen molar-refractivity contribution in [2.24, 2.45) is 0 Å². The zero-order chi connectivity index (χ0) is 13.9. The molecule has 1 aromatic rings. The third-order valence-corrected chi connectivity index (χ3v) is 4.14. The third kappa shape index (κ3) is 3.12. The predicted molar refractivity (Wildman–Crippen MR) is 77.3 cm³/mol. The van der Waals surface area contributed by atoms with Crippen molar-refractivity contribution in [3.63, 3.8) is 0 Å². The van der Waals surface area contributed by atoms with Crippen LogP contribution in [-0.2, 0) is 11.3 Å². The number of rotatable bonds is 4. The highest BCUT2D eigenvalue weighted by atomic mass is 16.3. The molecule has 2 N–H and O–H groups in total. The topological polar surface area (TPSA) is 52.6 Å². The van der Waals surface area contributed by atoms with Crippen molar-refractivity contribution in [1.29, 1.82) is 0 Å². The number of hydrogen-bond donors (Lipinski definition) is 2. The van der Waals surface area contributed by atoms with Gasteiger partial charge in [-0.15, -0.1) is 0 Å². The highest BCUT2D eigenvalue weighted by Crippen LogP contribution is 2.30. The summed E-state index contributed by atoms with van der Waals surface area (Å²) in [4.78, 5) is 14.7. The van der Waals surface area contributed by atoms with Crippen molar-refractivity contribution in [2.45, 2.75) is 50.7 Å². The Bertz CT molecular complexity index is 479. The highest BCUT2D eigenvalue weighted by molar-refractivity contribution is 5.82. The first kappa shape index (κ1) is 13.4. The van der Waals surface area contributed by atoms with E-state index in [4.69, 9.17) is 0 Å². The largest absolute Gasteiger partial charge is 0.508 e. The van der Waals surface area contributed by atoms with Gasteiger partial charge in [-0.05, 0) is 49.9 Å². The van der Waals surface area contributed by atoms with Gasteiger partial charge in [-0.25, -0.2) is 0 Å². The fourth-order valence-corrected chi connectivity index (χ4v) is 2.89. The van der Waals surface area contributed by atoms with E-state index in [0.29, 0.717) is 12.6 Å². The number of carbonyl (C=O) groups excluding carboxylic acids is 1. The van der Waals surface area contributed by atoms with Crippen LogP contribution in [0.25, 0.3) is 0 Å². The molecule has 3 rings (SSSR count). The van der Waals surface area contributed by atoms with Gasteiger partial charge in [0.05, 0.1) is 6.04 Å². The van der Waals surface area contributed by atoms with Crippen LogP contribution in [-0.4, -0.2) is 34.5 Å². The molecule has 2 aliphatic rings. The molecule has 0 spiro atoms. The number of aromatic hydroxyl groups is 1. The second-order valence-corrected chi connectivity index (χ2v) is 5.87. The predicted octanol–water partition coefficient (Wildman–Crippen LogP) is 2.03. The number of carbonyl (C=O) groups is 1. The fourth-order valence-electron chi connectivity index (χ4n) is 2.89. The van der Waals surface area contributed by atoms with Crippen molar-refractivity contribution in [1.82, 2.24) is 10.2 Å². The van der Waals surface area contributed by atoms with Crippen LogP contribution >= 0.6 is 0 Å². The van der Waals surface area contributed by atoms with Gasteiger partial charge >= 0.3 is 0 Å². The van der Waals surface area contributed by atoms with Crippen molar-refractivity contribution in [3.8, 4) is 5.75 Å². The first-order valence-corrected chi connectivity index (χ1v) is 7.56. The van der Waals surface area contributed by atoms with Crippen LogP contribution in [0.4, 0.5) is 0 Å². The van der Waals surface area contributed by atoms with Crippen molar-refractivity contribution < 1.29 is 9.90 Å². The minimum atomic E-state index is -0.0124. The Morgan fingerprint density at radius 3 is 2.80 bits per heavy atom. The number of amides is 1. The van der Waals surface area contributed by atoms with Gasteiger partial charge in [0, 0.05) is 12.6 Å². The first-order chi connectivity index (χ1) is 9.74. The molecule has 1 heterocycles. The molecule has 0 aromatic heterocycles. The van der Waals surface area contributed by atoms with E-state index in [2.05, 4.69) is 5.32 Å². The average Bonchev–Trinajstić information content (AvgIpc) is 3.30. The van der Waals surface area contributed by atoms with Gasteiger partial charge in [0.15, 0.2) is 0 Å². The summed E-state index contributed by atoms with van der Waals surface area (Å²) in [7, 11) is 0. The highest BCUT2D eigenvalue weighted by Gasteiger charge is 2.36. The maximum absolute atomic E-state index is 12.7. The Kier molecular flexibility index (Phi) is 3.92. The Balaban J connectivity index is 1.70. The van der Waals surface area contributed by atoms with E-state index in [9.17, 15) is 9.90 Å². The standard InChI is InChI=1S/C16H22N2O2/c19-14-5-3-4-12(10-14)11-18(13-7-8-13)16(20)15-6-1-2-9-17-15/h3-5,10,13,15,17,19H,1-2,6-9,11H2/t15-/m1/s1. The quantitative estimate of drug-likeness (QED) is 0.883. The maximum Gasteiger partial charge on any atom is 0.240 e. The minimum Gasteiger partial charge on any atom is -0.508 e. The number of phenols is 1. The second kappa shape index (κ2) is 5.83. The van der Waals surface area contributed by atoms with E-state index in [1.165, 1.54) is 6.42 Å². The minimum absolute atomic E-state index is 0.0124. The van der Waals surface area contributed by atoms with E-state index in [1.807, 2.05) is 17.0 Å². The van der Waals surface area contributed by atoms with Gasteiger partial charge in [0.25, 0.3) is 0 Å². The van der Waals surface area contributed by atoms with Gasteiger partial charge in [-0.2, -0.15) is 0 Å². The molecule has 1 aliphatic carbocycles. The molecule has 1 saturated heterocycles. The van der Waals surface area contributed by atoms with Gasteiger partial charge < -0.3 is 15.3 Å². The number of nitrogens with one attached hydrogen (secondary N) is 1. The SMILES string of the molecule is O=C([C@H]1CCCCN1)N(Cc1cccc(O)c1)C1CC1. The molecule has 0 unspecified atom stereocenters. The molecular formula is C16H22N2O2. The van der Waals surface area contributed by atoms with Crippen LogP contribution in [0.5, 0.6) is 5.75 Å². The van der Waals surface area contributed by atoms with E-state index in [1.54, 1.807) is 12.1 Å². The molecule has 2 fully saturated rings. The van der Waals surface area contributed by atoms with E-state index in [-0.39, 0.29) is 17.7 Å². The second-order valence-electron chi connectivity index (χ2n) is 5.87. The number of hydrogen-bond acceptors (Lipinski definition) is 3. The molecule has 1 aromatic carbocycles. The normalized spacial score (nSPS) is 22.5. The Hall–Kier alpha value is -1.55. The van der Waals surface area contributed by atoms with E-state index in [0.717, 1.165) is 37.8 Å². The molecular weight excluding hydrogens is 252 g/mol. The number of phenolic OH excluding ortho intramolecular Hbond substituents is 1. The molecule has 108 valence electrons. The monoisotopic (exact) mass is 274 g/mol. The fraction of sp³-hybridized carbons (Fsp3) is 0.562. The summed E-state index contributed by atoms with van der Waals surface area (Å²) in [5.41, 5.74) is 1.00. The summed E-state index contributed by atoms with van der Waals surface area (Å²) < 4.78 is 0. The van der Waals surface area contributed by atoms with Crippen LogP contribution in [0.3, 0.4) is 0 Å². The van der Waals surface area contributed by atoms with Crippen LogP contribution in [0.2, 0.25) is 0 Å². The summed E-state index contributed by atoms with van der Waals surface area (Å²) >= 11 is 0. The number of nitrogens with zero attached hydrogens (tertiary/aromatic N) is 1. The van der Waals surface area contributed by atoms with Crippen molar-refractivity contribution in [2.75, 3.05) is 6.54 Å². The van der Waals surface area contributed by atoms with Gasteiger partial charge in [0.2, 0.25) is 5.91 Å². The zero-order valence-electron chi connectivity index (χ0n) is 11.7. The van der Waals surface area contributed by atoms with Crippen LogP contribution in [0, 0.1) is 0 Å². The molecule has 1 amide bonds. The molecule has 4 nitrogen and oxygen atoms in total. The summed E-state index contributed by atoms with van der Waals surface area (Å²) in [5, 5.41) is 12.9. The Morgan fingerprint density at radius 1 is 1.30 bits per heavy atom. The molecule has 1 saturated carbocycles. The van der Waals surface area contributed by atoms with Gasteiger partial charge in [-0.1, -0.05) is 18.6 Å². The lowest BCUT2D eigenvalue weighted by molar-refractivity contribution is -0.135. The smallest absolute Gasteiger partial charge is 0.240 e. The summed E-state index contributed by atoms with van der Waals surface area (Å²) in [6.45, 7) is 1.55. The van der Waals surface area contributed by atoms with Crippen LogP contribution in [0.1, 0.15) is 37.7 Å². The van der Waals surface area contributed by atoms with Gasteiger partial charge in [0.1, 0.15) is 5.75 Å². The van der Waals surface area contributed by atoms with Crippen LogP contribution in [0.15, 0.2) is 24.3 Å². The summed E-state index contributed by atoms with van der Waals surface area (Å²) in [5.74, 6) is 0.497. The lowest BCUT2D eigenvalue weighted by Gasteiger charge is -2.30. The van der Waals surface area contributed by atoms with Crippen molar-refractivity contribution >= 4 is 5.91 Å². The lowest BCUT2D eigenvalue weighted by atomic mass is 10.0. The number of piperidine rings is 1. The summed E-state index contributed by atoms with van der Waals surface area (Å²) in [6, 6.07) is 7.59. The lowest BCUT2D eigenvalue weighted by Crippen LogP contribution is -2.49. The van der Waals surface area contributed by atoms with Gasteiger partial charge in [-0.3, -0.25) is 4.79 Å². The first-order valence-electron chi connectivity index (χ1n) is 7.56. The zero-order valence-corrected chi connectivity index (χ0v) is 11.7. The number of benzene rings is 1. The molecule has 1 atom stereocenters. The van der Waals surface area contributed by atoms with E-state index >= 15 is 0 Å². The molecule has 0 radical (unpaired) electrons. The third-order valence-electron chi connectivity index (χ3n) is 4.14. The van der Waals surface area contributed by atoms with E-state index < -0.39 is 0 Å². The summed E-state index contributed by atoms with van der Waals surface area (Å²) in [6.07, 6.45) is 5.46. The maximum atomic E-state index is 12.7. The molecule has 0 bridgehead atoms. The molecule has 20 heavy (non-hydrogen) atoms. The Morgan fingerprint density at radius 2 is 2.15 bits per heavy atom. The van der Waals surface area contributed by atoms with Crippen molar-refractivity contribution in [3.05, 3.63) is 29.8 Å². The Labute approximate surface area is 119 Å².